The molecule has 1 saturated heterocycles. The Morgan fingerprint density at radius 2 is 2.09 bits per heavy atom. The van der Waals surface area contributed by atoms with Crippen molar-refractivity contribution in [2.45, 2.75) is 26.9 Å². The van der Waals surface area contributed by atoms with E-state index in [1.165, 1.54) is 12.0 Å². The normalized spacial score (nSPS) is 18.2. The molecule has 1 heterocycles. The first-order valence-electron chi connectivity index (χ1n) is 7.98. The summed E-state index contributed by atoms with van der Waals surface area (Å²) in [5.41, 5.74) is 1.24. The van der Waals surface area contributed by atoms with Crippen LogP contribution < -0.4 is 5.32 Å². The van der Waals surface area contributed by atoms with E-state index in [1.807, 2.05) is 6.07 Å². The van der Waals surface area contributed by atoms with Gasteiger partial charge in [0.15, 0.2) is 5.96 Å². The van der Waals surface area contributed by atoms with Gasteiger partial charge in [0.05, 0.1) is 13.2 Å². The molecule has 2 rings (SSSR count). The molecule has 1 aromatic rings. The van der Waals surface area contributed by atoms with Crippen LogP contribution in [-0.4, -0.2) is 43.6 Å². The number of nitrogens with zero attached hydrogens (tertiary/aromatic N) is 2. The van der Waals surface area contributed by atoms with Gasteiger partial charge in [0.1, 0.15) is 0 Å². The van der Waals surface area contributed by atoms with Crippen LogP contribution in [0.2, 0.25) is 0 Å². The number of likely N-dealkylation sites (tertiary alicyclic amines) is 1. The highest BCUT2D eigenvalue weighted by molar-refractivity contribution is 14.0. The maximum absolute atomic E-state index is 5.86. The number of hydrogen-bond acceptors (Lipinski definition) is 2. The van der Waals surface area contributed by atoms with E-state index in [9.17, 15) is 0 Å². The quantitative estimate of drug-likeness (QED) is 0.439. The summed E-state index contributed by atoms with van der Waals surface area (Å²) in [5, 5.41) is 3.36. The van der Waals surface area contributed by atoms with Crippen molar-refractivity contribution in [3.8, 4) is 0 Å². The van der Waals surface area contributed by atoms with Gasteiger partial charge in [0.25, 0.3) is 0 Å². The summed E-state index contributed by atoms with van der Waals surface area (Å²) in [6, 6.07) is 10.4. The van der Waals surface area contributed by atoms with E-state index in [0.717, 1.165) is 38.7 Å². The standard InChI is InChI=1S/C17H27N3O.HI/c1-3-18-17(19-4-2)20-11-10-16(12-20)14-21-13-15-8-6-5-7-9-15;/h5-9,16H,3-4,10-14H2,1-2H3,(H,18,19);1H. The van der Waals surface area contributed by atoms with Crippen LogP contribution >= 0.6 is 24.0 Å². The van der Waals surface area contributed by atoms with E-state index in [1.54, 1.807) is 0 Å². The molecule has 0 amide bonds. The first-order valence-corrected chi connectivity index (χ1v) is 7.98. The molecule has 0 saturated carbocycles. The minimum atomic E-state index is 0. The van der Waals surface area contributed by atoms with Crippen LogP contribution in [0.3, 0.4) is 0 Å². The Kier molecular flexibility index (Phi) is 9.47. The third-order valence-electron chi connectivity index (χ3n) is 3.69. The summed E-state index contributed by atoms with van der Waals surface area (Å²) in [5.74, 6) is 1.65. The third-order valence-corrected chi connectivity index (χ3v) is 3.69. The molecule has 0 radical (unpaired) electrons. The zero-order valence-corrected chi connectivity index (χ0v) is 16.0. The van der Waals surface area contributed by atoms with Crippen LogP contribution in [0, 0.1) is 5.92 Å². The minimum absolute atomic E-state index is 0. The van der Waals surface area contributed by atoms with Gasteiger partial charge in [-0.2, -0.15) is 0 Å². The second kappa shape index (κ2) is 10.8. The summed E-state index contributed by atoms with van der Waals surface area (Å²) >= 11 is 0. The van der Waals surface area contributed by atoms with Crippen molar-refractivity contribution >= 4 is 29.9 Å². The number of rotatable bonds is 6. The molecule has 0 spiro atoms. The van der Waals surface area contributed by atoms with Gasteiger partial charge in [-0.1, -0.05) is 30.3 Å². The van der Waals surface area contributed by atoms with Gasteiger partial charge >= 0.3 is 0 Å². The van der Waals surface area contributed by atoms with Crippen molar-refractivity contribution < 1.29 is 4.74 Å². The molecule has 5 heteroatoms. The summed E-state index contributed by atoms with van der Waals surface area (Å²) in [6.07, 6.45) is 1.18. The molecule has 4 nitrogen and oxygen atoms in total. The van der Waals surface area contributed by atoms with Crippen molar-refractivity contribution in [3.63, 3.8) is 0 Å². The molecule has 22 heavy (non-hydrogen) atoms. The van der Waals surface area contributed by atoms with E-state index in [2.05, 4.69) is 53.3 Å². The van der Waals surface area contributed by atoms with Gasteiger partial charge in [0, 0.05) is 32.1 Å². The number of halogens is 1. The lowest BCUT2D eigenvalue weighted by molar-refractivity contribution is 0.0907. The first kappa shape index (κ1) is 19.2. The highest BCUT2D eigenvalue weighted by Gasteiger charge is 2.24. The summed E-state index contributed by atoms with van der Waals surface area (Å²) in [7, 11) is 0. The molecule has 1 atom stereocenters. The van der Waals surface area contributed by atoms with Crippen molar-refractivity contribution in [3.05, 3.63) is 35.9 Å². The molecule has 0 aromatic heterocycles. The van der Waals surface area contributed by atoms with Crippen LogP contribution in [0.15, 0.2) is 35.3 Å². The second-order valence-corrected chi connectivity index (χ2v) is 5.43. The fraction of sp³-hybridized carbons (Fsp3) is 0.588. The van der Waals surface area contributed by atoms with E-state index >= 15 is 0 Å². The largest absolute Gasteiger partial charge is 0.376 e. The molecule has 124 valence electrons. The van der Waals surface area contributed by atoms with Crippen LogP contribution in [0.4, 0.5) is 0 Å². The molecular weight excluding hydrogens is 389 g/mol. The van der Waals surface area contributed by atoms with Crippen LogP contribution in [0.25, 0.3) is 0 Å². The molecule has 1 fully saturated rings. The van der Waals surface area contributed by atoms with Gasteiger partial charge in [-0.05, 0) is 25.8 Å². The average molecular weight is 417 g/mol. The predicted octanol–water partition coefficient (Wildman–Crippen LogP) is 3.13. The Labute approximate surface area is 151 Å². The highest BCUT2D eigenvalue weighted by atomic mass is 127. The molecule has 1 N–H and O–H groups in total. The van der Waals surface area contributed by atoms with Gasteiger partial charge in [0.2, 0.25) is 0 Å². The predicted molar refractivity (Wildman–Crippen MR) is 103 cm³/mol. The Balaban J connectivity index is 0.00000242. The van der Waals surface area contributed by atoms with Crippen molar-refractivity contribution in [1.82, 2.24) is 10.2 Å². The summed E-state index contributed by atoms with van der Waals surface area (Å²) in [4.78, 5) is 6.90. The average Bonchev–Trinajstić information content (AvgIpc) is 2.97. The first-order chi connectivity index (χ1) is 10.3. The SMILES string of the molecule is CCN=C(NCC)N1CCC(COCc2ccccc2)C1.I. The van der Waals surface area contributed by atoms with Crippen molar-refractivity contribution in [1.29, 1.82) is 0 Å². The number of ether oxygens (including phenoxy) is 1. The maximum Gasteiger partial charge on any atom is 0.193 e. The Morgan fingerprint density at radius 3 is 2.77 bits per heavy atom. The zero-order valence-electron chi connectivity index (χ0n) is 13.6. The number of hydrogen-bond donors (Lipinski definition) is 1. The lowest BCUT2D eigenvalue weighted by Crippen LogP contribution is -2.40. The maximum atomic E-state index is 5.86. The zero-order chi connectivity index (χ0) is 14.9. The minimum Gasteiger partial charge on any atom is -0.376 e. The number of benzene rings is 1. The van der Waals surface area contributed by atoms with Crippen LogP contribution in [-0.2, 0) is 11.3 Å². The molecule has 1 aromatic carbocycles. The Morgan fingerprint density at radius 1 is 1.32 bits per heavy atom. The van der Waals surface area contributed by atoms with E-state index in [4.69, 9.17) is 4.74 Å². The highest BCUT2D eigenvalue weighted by Crippen LogP contribution is 2.17. The molecule has 1 aliphatic rings. The third kappa shape index (κ3) is 6.12. The fourth-order valence-electron chi connectivity index (χ4n) is 2.65. The van der Waals surface area contributed by atoms with E-state index < -0.39 is 0 Å². The van der Waals surface area contributed by atoms with E-state index in [-0.39, 0.29) is 24.0 Å². The lowest BCUT2D eigenvalue weighted by Gasteiger charge is -2.21. The second-order valence-electron chi connectivity index (χ2n) is 5.43. The summed E-state index contributed by atoms with van der Waals surface area (Å²) in [6.45, 7) is 9.59. The molecule has 0 aliphatic carbocycles. The Hall–Kier alpha value is -0.820. The molecule has 1 unspecified atom stereocenters. The monoisotopic (exact) mass is 417 g/mol. The van der Waals surface area contributed by atoms with Crippen LogP contribution in [0.5, 0.6) is 0 Å². The van der Waals surface area contributed by atoms with Crippen LogP contribution in [0.1, 0.15) is 25.8 Å². The fourth-order valence-corrected chi connectivity index (χ4v) is 2.65. The van der Waals surface area contributed by atoms with Gasteiger partial charge < -0.3 is 15.0 Å². The van der Waals surface area contributed by atoms with E-state index in [0.29, 0.717) is 12.5 Å². The van der Waals surface area contributed by atoms with Gasteiger partial charge in [-0.15, -0.1) is 24.0 Å². The van der Waals surface area contributed by atoms with Crippen molar-refractivity contribution in [2.24, 2.45) is 10.9 Å². The lowest BCUT2D eigenvalue weighted by atomic mass is 10.1. The Bertz CT molecular complexity index is 439. The topological polar surface area (TPSA) is 36.9 Å². The molecular formula is C17H28IN3O. The molecule has 0 bridgehead atoms. The van der Waals surface area contributed by atoms with Gasteiger partial charge in [-0.3, -0.25) is 4.99 Å². The smallest absolute Gasteiger partial charge is 0.193 e. The number of guanidine groups is 1. The molecule has 1 aliphatic heterocycles. The summed E-state index contributed by atoms with van der Waals surface area (Å²) < 4.78 is 5.86. The van der Waals surface area contributed by atoms with Crippen molar-refractivity contribution in [2.75, 3.05) is 32.8 Å². The number of aliphatic imine (C=N–C) groups is 1. The van der Waals surface area contributed by atoms with Gasteiger partial charge in [-0.25, -0.2) is 0 Å². The number of nitrogens with one attached hydrogen (secondary N) is 1.